The van der Waals surface area contributed by atoms with E-state index in [-0.39, 0.29) is 23.8 Å². The Morgan fingerprint density at radius 2 is 1.77 bits per heavy atom. The highest BCUT2D eigenvalue weighted by atomic mass is 16.5. The fourth-order valence-corrected chi connectivity index (χ4v) is 3.74. The quantitative estimate of drug-likeness (QED) is 0.736. The topological polar surface area (TPSA) is 70.7 Å². The number of benzene rings is 2. The lowest BCUT2D eigenvalue weighted by Gasteiger charge is -2.34. The number of para-hydroxylation sites is 2. The summed E-state index contributed by atoms with van der Waals surface area (Å²) in [5.74, 6) is 0.624. The fourth-order valence-electron chi connectivity index (χ4n) is 3.74. The summed E-state index contributed by atoms with van der Waals surface area (Å²) < 4.78 is 5.30. The van der Waals surface area contributed by atoms with Gasteiger partial charge in [0, 0.05) is 12.5 Å². The minimum Gasteiger partial charge on any atom is -0.495 e. The van der Waals surface area contributed by atoms with E-state index in [1.54, 1.807) is 7.11 Å². The average Bonchev–Trinajstić information content (AvgIpc) is 2.78. The predicted molar refractivity (Wildman–Crippen MR) is 118 cm³/mol. The lowest BCUT2D eigenvalue weighted by Crippen LogP contribution is -2.49. The first-order chi connectivity index (χ1) is 14.5. The summed E-state index contributed by atoms with van der Waals surface area (Å²) in [7, 11) is 1.59. The van der Waals surface area contributed by atoms with E-state index in [0.717, 1.165) is 31.5 Å². The first-order valence-corrected chi connectivity index (χ1v) is 10.5. The van der Waals surface area contributed by atoms with E-state index < -0.39 is 0 Å². The summed E-state index contributed by atoms with van der Waals surface area (Å²) in [5, 5.41) is 6.00. The van der Waals surface area contributed by atoms with Gasteiger partial charge in [-0.15, -0.1) is 0 Å². The molecule has 0 aromatic heterocycles. The first kappa shape index (κ1) is 21.8. The number of carbonyl (C=O) groups is 2. The van der Waals surface area contributed by atoms with E-state index in [9.17, 15) is 9.59 Å². The van der Waals surface area contributed by atoms with Crippen LogP contribution in [-0.2, 0) is 16.1 Å². The summed E-state index contributed by atoms with van der Waals surface area (Å²) in [6.07, 6.45) is 1.47. The van der Waals surface area contributed by atoms with E-state index in [1.807, 2.05) is 62.4 Å². The SMILES string of the molecule is COc1ccccc1NC(=O)C1CCN(C(C)C(=O)NCc2ccc(C)cc2)CC1. The van der Waals surface area contributed by atoms with Crippen molar-refractivity contribution >= 4 is 17.5 Å². The van der Waals surface area contributed by atoms with Crippen molar-refractivity contribution < 1.29 is 14.3 Å². The molecule has 2 amide bonds. The molecule has 2 aromatic carbocycles. The number of carbonyl (C=O) groups excluding carboxylic acids is 2. The maximum atomic E-state index is 12.7. The minimum absolute atomic E-state index is 0.00984. The molecule has 1 heterocycles. The minimum atomic E-state index is -0.214. The number of aryl methyl sites for hydroxylation is 1. The molecule has 0 aliphatic carbocycles. The van der Waals surface area contributed by atoms with E-state index >= 15 is 0 Å². The van der Waals surface area contributed by atoms with Gasteiger partial charge in [-0.05, 0) is 57.5 Å². The largest absolute Gasteiger partial charge is 0.495 e. The number of rotatable bonds is 7. The van der Waals surface area contributed by atoms with E-state index in [4.69, 9.17) is 4.74 Å². The van der Waals surface area contributed by atoms with Crippen molar-refractivity contribution in [3.63, 3.8) is 0 Å². The highest BCUT2D eigenvalue weighted by Gasteiger charge is 2.30. The van der Waals surface area contributed by atoms with Crippen molar-refractivity contribution in [2.45, 2.75) is 39.3 Å². The highest BCUT2D eigenvalue weighted by Crippen LogP contribution is 2.26. The number of nitrogens with zero attached hydrogens (tertiary/aromatic N) is 1. The van der Waals surface area contributed by atoms with Crippen LogP contribution in [-0.4, -0.2) is 43.0 Å². The molecule has 1 aliphatic heterocycles. The normalized spacial score (nSPS) is 16.0. The monoisotopic (exact) mass is 409 g/mol. The number of nitrogens with one attached hydrogen (secondary N) is 2. The second-order valence-electron chi connectivity index (χ2n) is 7.88. The average molecular weight is 410 g/mol. The smallest absolute Gasteiger partial charge is 0.237 e. The van der Waals surface area contributed by atoms with Crippen LogP contribution in [0.15, 0.2) is 48.5 Å². The van der Waals surface area contributed by atoms with Crippen molar-refractivity contribution in [3.8, 4) is 5.75 Å². The van der Waals surface area contributed by atoms with Crippen LogP contribution in [0, 0.1) is 12.8 Å². The maximum absolute atomic E-state index is 12.7. The lowest BCUT2D eigenvalue weighted by molar-refractivity contribution is -0.127. The molecule has 0 radical (unpaired) electrons. The number of hydrogen-bond donors (Lipinski definition) is 2. The van der Waals surface area contributed by atoms with Gasteiger partial charge in [0.2, 0.25) is 11.8 Å². The number of likely N-dealkylation sites (tertiary alicyclic amines) is 1. The Morgan fingerprint density at radius 3 is 2.43 bits per heavy atom. The van der Waals surface area contributed by atoms with Crippen LogP contribution in [0.3, 0.4) is 0 Å². The molecule has 6 nitrogen and oxygen atoms in total. The van der Waals surface area contributed by atoms with Crippen molar-refractivity contribution in [1.29, 1.82) is 0 Å². The van der Waals surface area contributed by atoms with Crippen molar-refractivity contribution in [2.24, 2.45) is 5.92 Å². The molecule has 0 saturated carbocycles. The molecular formula is C24H31N3O3. The van der Waals surface area contributed by atoms with Crippen LogP contribution in [0.5, 0.6) is 5.75 Å². The molecule has 6 heteroatoms. The Morgan fingerprint density at radius 1 is 1.10 bits per heavy atom. The van der Waals surface area contributed by atoms with Gasteiger partial charge in [0.05, 0.1) is 18.8 Å². The maximum Gasteiger partial charge on any atom is 0.237 e. The molecule has 0 spiro atoms. The lowest BCUT2D eigenvalue weighted by atomic mass is 9.94. The Hall–Kier alpha value is -2.86. The van der Waals surface area contributed by atoms with Gasteiger partial charge in [-0.3, -0.25) is 14.5 Å². The van der Waals surface area contributed by atoms with Gasteiger partial charge in [-0.25, -0.2) is 0 Å². The van der Waals surface area contributed by atoms with Gasteiger partial charge >= 0.3 is 0 Å². The molecule has 2 aromatic rings. The summed E-state index contributed by atoms with van der Waals surface area (Å²) >= 11 is 0. The molecule has 1 aliphatic rings. The van der Waals surface area contributed by atoms with Gasteiger partial charge in [-0.2, -0.15) is 0 Å². The van der Waals surface area contributed by atoms with Crippen LogP contribution in [0.4, 0.5) is 5.69 Å². The fraction of sp³-hybridized carbons (Fsp3) is 0.417. The van der Waals surface area contributed by atoms with Crippen LogP contribution in [0.25, 0.3) is 0 Å². The zero-order valence-electron chi connectivity index (χ0n) is 18.0. The highest BCUT2D eigenvalue weighted by molar-refractivity contribution is 5.94. The van der Waals surface area contributed by atoms with Crippen molar-refractivity contribution in [1.82, 2.24) is 10.2 Å². The molecule has 160 valence electrons. The summed E-state index contributed by atoms with van der Waals surface area (Å²) in [6.45, 7) is 5.96. The molecule has 3 rings (SSSR count). The zero-order valence-corrected chi connectivity index (χ0v) is 18.0. The van der Waals surface area contributed by atoms with Crippen LogP contribution >= 0.6 is 0 Å². The van der Waals surface area contributed by atoms with E-state index in [0.29, 0.717) is 18.0 Å². The number of hydrogen-bond acceptors (Lipinski definition) is 4. The number of methoxy groups -OCH3 is 1. The second-order valence-corrected chi connectivity index (χ2v) is 7.88. The van der Waals surface area contributed by atoms with E-state index in [1.165, 1.54) is 5.56 Å². The van der Waals surface area contributed by atoms with E-state index in [2.05, 4.69) is 15.5 Å². The molecule has 1 atom stereocenters. The van der Waals surface area contributed by atoms with Crippen molar-refractivity contribution in [3.05, 3.63) is 59.7 Å². The Bertz CT molecular complexity index is 858. The van der Waals surface area contributed by atoms with Gasteiger partial charge < -0.3 is 15.4 Å². The molecule has 2 N–H and O–H groups in total. The standard InChI is InChI=1S/C24H31N3O3/c1-17-8-10-19(11-9-17)16-25-23(28)18(2)27-14-12-20(13-15-27)24(29)26-21-6-4-5-7-22(21)30-3/h4-11,18,20H,12-16H2,1-3H3,(H,25,28)(H,26,29). The van der Waals surface area contributed by atoms with Crippen LogP contribution < -0.4 is 15.4 Å². The first-order valence-electron chi connectivity index (χ1n) is 10.5. The van der Waals surface area contributed by atoms with Gasteiger partial charge in [0.25, 0.3) is 0 Å². The summed E-state index contributed by atoms with van der Waals surface area (Å²) in [6, 6.07) is 15.4. The van der Waals surface area contributed by atoms with Crippen LogP contribution in [0.2, 0.25) is 0 Å². The predicted octanol–water partition coefficient (Wildman–Crippen LogP) is 3.36. The third kappa shape index (κ3) is 5.60. The number of ether oxygens (including phenoxy) is 1. The van der Waals surface area contributed by atoms with Crippen molar-refractivity contribution in [2.75, 3.05) is 25.5 Å². The third-order valence-electron chi connectivity index (χ3n) is 5.78. The molecule has 1 saturated heterocycles. The molecule has 0 bridgehead atoms. The van der Waals surface area contributed by atoms with Crippen LogP contribution in [0.1, 0.15) is 30.9 Å². The number of piperidine rings is 1. The third-order valence-corrected chi connectivity index (χ3v) is 5.78. The molecule has 1 fully saturated rings. The summed E-state index contributed by atoms with van der Waals surface area (Å²) in [4.78, 5) is 27.4. The molecule has 30 heavy (non-hydrogen) atoms. The number of amides is 2. The Balaban J connectivity index is 1.46. The molecular weight excluding hydrogens is 378 g/mol. The van der Waals surface area contributed by atoms with Gasteiger partial charge in [-0.1, -0.05) is 42.0 Å². The summed E-state index contributed by atoms with van der Waals surface area (Å²) in [5.41, 5.74) is 2.99. The van der Waals surface area contributed by atoms with Gasteiger partial charge in [0.15, 0.2) is 0 Å². The molecule has 1 unspecified atom stereocenters. The number of anilines is 1. The zero-order chi connectivity index (χ0) is 21.5. The van der Waals surface area contributed by atoms with Gasteiger partial charge in [0.1, 0.15) is 5.75 Å². The second kappa shape index (κ2) is 10.3. The Labute approximate surface area is 178 Å². The Kier molecular flexibility index (Phi) is 7.46.